The third-order valence-corrected chi connectivity index (χ3v) is 5.09. The molecule has 2 N–H and O–H groups in total. The molecular weight excluding hydrogens is 368 g/mol. The van der Waals surface area contributed by atoms with E-state index in [0.717, 1.165) is 0 Å². The van der Waals surface area contributed by atoms with Crippen molar-refractivity contribution in [3.63, 3.8) is 0 Å². The summed E-state index contributed by atoms with van der Waals surface area (Å²) < 4.78 is 39.0. The third-order valence-electron chi connectivity index (χ3n) is 3.73. The largest absolute Gasteiger partial charge is 0.486 e. The fraction of sp³-hybridized carbons (Fsp3) is 0.316. The van der Waals surface area contributed by atoms with Crippen LogP contribution >= 0.6 is 0 Å². The third kappa shape index (κ3) is 4.51. The Kier molecular flexibility index (Phi) is 5.01. The number of sulfonamides is 1. The number of carbonyl (C=O) groups is 1. The van der Waals surface area contributed by atoms with Gasteiger partial charge in [0, 0.05) is 11.6 Å². The highest BCUT2D eigenvalue weighted by Gasteiger charge is 2.23. The molecule has 0 atom stereocenters. The Morgan fingerprint density at radius 1 is 1.00 bits per heavy atom. The van der Waals surface area contributed by atoms with Crippen LogP contribution in [0.2, 0.25) is 0 Å². The number of nitrogens with one attached hydrogen (secondary N) is 2. The highest BCUT2D eigenvalue weighted by molar-refractivity contribution is 7.92. The first-order valence-electron chi connectivity index (χ1n) is 8.50. The van der Waals surface area contributed by atoms with E-state index in [2.05, 4.69) is 10.0 Å². The lowest BCUT2D eigenvalue weighted by Gasteiger charge is -2.22. The van der Waals surface area contributed by atoms with Crippen LogP contribution < -0.4 is 19.5 Å². The topological polar surface area (TPSA) is 93.7 Å². The van der Waals surface area contributed by atoms with Crippen molar-refractivity contribution in [1.82, 2.24) is 5.32 Å². The van der Waals surface area contributed by atoms with E-state index in [1.165, 1.54) is 12.1 Å². The van der Waals surface area contributed by atoms with Gasteiger partial charge in [0.25, 0.3) is 15.9 Å². The fourth-order valence-corrected chi connectivity index (χ4v) is 3.67. The molecule has 0 radical (unpaired) electrons. The van der Waals surface area contributed by atoms with Gasteiger partial charge in [-0.3, -0.25) is 9.52 Å². The number of benzene rings is 2. The Bertz CT molecular complexity index is 964. The van der Waals surface area contributed by atoms with Crippen LogP contribution in [0.3, 0.4) is 0 Å². The monoisotopic (exact) mass is 390 g/mol. The summed E-state index contributed by atoms with van der Waals surface area (Å²) in [5, 5.41) is 2.83. The average molecular weight is 390 g/mol. The minimum atomic E-state index is -3.91. The van der Waals surface area contributed by atoms with Gasteiger partial charge in [-0.15, -0.1) is 0 Å². The first-order chi connectivity index (χ1) is 12.7. The molecule has 3 rings (SSSR count). The molecule has 1 aliphatic rings. The quantitative estimate of drug-likeness (QED) is 0.837. The SMILES string of the molecule is CC(C)(C)NC(=O)c1ccccc1NS(=O)(=O)c1ccc2c(c1)OCCO2. The summed E-state index contributed by atoms with van der Waals surface area (Å²) in [5.74, 6) is 0.524. The lowest BCUT2D eigenvalue weighted by molar-refractivity contribution is 0.0920. The van der Waals surface area contributed by atoms with E-state index in [0.29, 0.717) is 24.7 Å². The van der Waals surface area contributed by atoms with Gasteiger partial charge in [-0.1, -0.05) is 12.1 Å². The van der Waals surface area contributed by atoms with E-state index in [1.54, 1.807) is 30.3 Å². The molecule has 7 nitrogen and oxygen atoms in total. The summed E-state index contributed by atoms with van der Waals surface area (Å²) in [6.45, 7) is 6.35. The molecule has 0 saturated carbocycles. The summed E-state index contributed by atoms with van der Waals surface area (Å²) in [4.78, 5) is 12.5. The van der Waals surface area contributed by atoms with E-state index >= 15 is 0 Å². The predicted octanol–water partition coefficient (Wildman–Crippen LogP) is 2.79. The fourth-order valence-electron chi connectivity index (χ4n) is 2.57. The molecule has 1 amide bonds. The predicted molar refractivity (Wildman–Crippen MR) is 102 cm³/mol. The molecule has 0 spiro atoms. The van der Waals surface area contributed by atoms with Crippen LogP contribution in [-0.4, -0.2) is 33.1 Å². The van der Waals surface area contributed by atoms with Gasteiger partial charge in [-0.05, 0) is 45.0 Å². The maximum atomic E-state index is 12.8. The molecule has 144 valence electrons. The number of hydrogen-bond donors (Lipinski definition) is 2. The van der Waals surface area contributed by atoms with E-state index in [-0.39, 0.29) is 22.1 Å². The van der Waals surface area contributed by atoms with Gasteiger partial charge < -0.3 is 14.8 Å². The van der Waals surface area contributed by atoms with Crippen LogP contribution in [0.4, 0.5) is 5.69 Å². The Hall–Kier alpha value is -2.74. The molecule has 0 aromatic heterocycles. The summed E-state index contributed by atoms with van der Waals surface area (Å²) in [6, 6.07) is 10.9. The van der Waals surface area contributed by atoms with Crippen molar-refractivity contribution in [3.8, 4) is 11.5 Å². The number of ether oxygens (including phenoxy) is 2. The van der Waals surface area contributed by atoms with Crippen LogP contribution in [0, 0.1) is 0 Å². The second-order valence-electron chi connectivity index (χ2n) is 7.16. The first kappa shape index (κ1) is 19.0. The van der Waals surface area contributed by atoms with Gasteiger partial charge in [-0.2, -0.15) is 0 Å². The van der Waals surface area contributed by atoms with Crippen LogP contribution in [0.25, 0.3) is 0 Å². The van der Waals surface area contributed by atoms with E-state index < -0.39 is 15.6 Å². The van der Waals surface area contributed by atoms with Crippen molar-refractivity contribution < 1.29 is 22.7 Å². The van der Waals surface area contributed by atoms with Gasteiger partial charge in [0.2, 0.25) is 0 Å². The zero-order valence-corrected chi connectivity index (χ0v) is 16.2. The summed E-state index contributed by atoms with van der Waals surface area (Å²) >= 11 is 0. The molecule has 0 fully saturated rings. The molecule has 0 aliphatic carbocycles. The number of anilines is 1. The van der Waals surface area contributed by atoms with Crippen LogP contribution in [0.1, 0.15) is 31.1 Å². The zero-order chi connectivity index (χ0) is 19.7. The van der Waals surface area contributed by atoms with Crippen molar-refractivity contribution in [2.24, 2.45) is 0 Å². The number of para-hydroxylation sites is 1. The van der Waals surface area contributed by atoms with Gasteiger partial charge in [0.05, 0.1) is 16.1 Å². The average Bonchev–Trinajstić information content (AvgIpc) is 2.60. The molecule has 27 heavy (non-hydrogen) atoms. The van der Waals surface area contributed by atoms with E-state index in [4.69, 9.17) is 9.47 Å². The molecule has 0 bridgehead atoms. The molecule has 1 heterocycles. The Morgan fingerprint density at radius 3 is 2.37 bits per heavy atom. The maximum Gasteiger partial charge on any atom is 0.262 e. The maximum absolute atomic E-state index is 12.8. The summed E-state index contributed by atoms with van der Waals surface area (Å²) in [7, 11) is -3.91. The molecule has 0 unspecified atom stereocenters. The minimum absolute atomic E-state index is 0.0257. The van der Waals surface area contributed by atoms with E-state index in [9.17, 15) is 13.2 Å². The van der Waals surface area contributed by atoms with Crippen molar-refractivity contribution >= 4 is 21.6 Å². The van der Waals surface area contributed by atoms with Gasteiger partial charge in [-0.25, -0.2) is 8.42 Å². The standard InChI is InChI=1S/C19H22N2O5S/c1-19(2,3)20-18(22)14-6-4-5-7-15(14)21-27(23,24)13-8-9-16-17(12-13)26-11-10-25-16/h4-9,12,21H,10-11H2,1-3H3,(H,20,22). The highest BCUT2D eigenvalue weighted by atomic mass is 32.2. The summed E-state index contributed by atoms with van der Waals surface area (Å²) in [5.41, 5.74) is 0.00139. The lowest BCUT2D eigenvalue weighted by atomic mass is 10.1. The van der Waals surface area contributed by atoms with Crippen LogP contribution in [0.15, 0.2) is 47.4 Å². The van der Waals surface area contributed by atoms with Crippen LogP contribution in [-0.2, 0) is 10.0 Å². The Morgan fingerprint density at radius 2 is 1.67 bits per heavy atom. The molecule has 0 saturated heterocycles. The lowest BCUT2D eigenvalue weighted by Crippen LogP contribution is -2.40. The molecule has 1 aliphatic heterocycles. The van der Waals surface area contributed by atoms with Crippen LogP contribution in [0.5, 0.6) is 11.5 Å². The van der Waals surface area contributed by atoms with Gasteiger partial charge >= 0.3 is 0 Å². The summed E-state index contributed by atoms with van der Waals surface area (Å²) in [6.07, 6.45) is 0. The number of carbonyl (C=O) groups excluding carboxylic acids is 1. The van der Waals surface area contributed by atoms with Gasteiger partial charge in [0.1, 0.15) is 13.2 Å². The van der Waals surface area contributed by atoms with Gasteiger partial charge in [0.15, 0.2) is 11.5 Å². The second kappa shape index (κ2) is 7.11. The van der Waals surface area contributed by atoms with Crippen molar-refractivity contribution in [3.05, 3.63) is 48.0 Å². The number of amides is 1. The Labute approximate surface area is 158 Å². The second-order valence-corrected chi connectivity index (χ2v) is 8.84. The normalized spacial score (nSPS) is 13.7. The first-order valence-corrected chi connectivity index (χ1v) is 9.98. The number of rotatable bonds is 4. The molecule has 2 aromatic rings. The zero-order valence-electron chi connectivity index (χ0n) is 15.4. The minimum Gasteiger partial charge on any atom is -0.486 e. The number of fused-ring (bicyclic) bond motifs is 1. The van der Waals surface area contributed by atoms with Crippen molar-refractivity contribution in [2.45, 2.75) is 31.2 Å². The smallest absolute Gasteiger partial charge is 0.262 e. The Balaban J connectivity index is 1.90. The highest BCUT2D eigenvalue weighted by Crippen LogP contribution is 2.33. The number of hydrogen-bond acceptors (Lipinski definition) is 5. The van der Waals surface area contributed by atoms with Crippen molar-refractivity contribution in [1.29, 1.82) is 0 Å². The molecule has 2 aromatic carbocycles. The van der Waals surface area contributed by atoms with Crippen molar-refractivity contribution in [2.75, 3.05) is 17.9 Å². The molecule has 8 heteroatoms. The molecular formula is C19H22N2O5S. The van der Waals surface area contributed by atoms with E-state index in [1.807, 2.05) is 20.8 Å².